The number of fused-ring (bicyclic) bond motifs is 1. The van der Waals surface area contributed by atoms with E-state index in [2.05, 4.69) is 4.98 Å². The first-order chi connectivity index (χ1) is 13.4. The molecule has 0 saturated carbocycles. The zero-order valence-electron chi connectivity index (χ0n) is 14.7. The number of carbonyl (C=O) groups excluding carboxylic acids is 2. The van der Waals surface area contributed by atoms with Gasteiger partial charge in [-0.15, -0.1) is 0 Å². The molecule has 8 heteroatoms. The minimum Gasteiger partial charge on any atom is -0.508 e. The Morgan fingerprint density at radius 1 is 1.21 bits per heavy atom. The molecule has 2 aromatic carbocycles. The van der Waals surface area contributed by atoms with E-state index in [0.717, 1.165) is 4.70 Å². The number of rotatable bonds is 4. The second-order valence-corrected chi connectivity index (χ2v) is 7.76. The summed E-state index contributed by atoms with van der Waals surface area (Å²) in [4.78, 5) is 31.2. The van der Waals surface area contributed by atoms with Crippen LogP contribution in [0.4, 0.5) is 5.13 Å². The lowest BCUT2D eigenvalue weighted by molar-refractivity contribution is -0.118. The number of amides is 1. The van der Waals surface area contributed by atoms with Crippen molar-refractivity contribution >= 4 is 50.0 Å². The number of anilines is 1. The third-order valence-electron chi connectivity index (χ3n) is 4.58. The molecule has 1 atom stereocenters. The molecule has 1 aliphatic heterocycles. The number of Topliss-reactive ketones (excluding diaryl/α,β-unsaturated/α-hetero) is 1. The lowest BCUT2D eigenvalue weighted by atomic mass is 9.95. The quantitative estimate of drug-likeness (QED) is 0.654. The zero-order valence-corrected chi connectivity index (χ0v) is 16.3. The van der Waals surface area contributed by atoms with Gasteiger partial charge in [0.05, 0.1) is 21.8 Å². The predicted octanol–water partition coefficient (Wildman–Crippen LogP) is 4.53. The van der Waals surface area contributed by atoms with E-state index in [-0.39, 0.29) is 23.5 Å². The zero-order chi connectivity index (χ0) is 20.0. The lowest BCUT2D eigenvalue weighted by Gasteiger charge is -2.24. The Labute approximate surface area is 169 Å². The van der Waals surface area contributed by atoms with Gasteiger partial charge in [-0.25, -0.2) is 4.98 Å². The maximum Gasteiger partial charge on any atom is 0.296 e. The number of hydrogen-bond acceptors (Lipinski definition) is 6. The second-order valence-electron chi connectivity index (χ2n) is 6.32. The maximum atomic E-state index is 12.9. The summed E-state index contributed by atoms with van der Waals surface area (Å²) in [5.41, 5.74) is 1.29. The molecule has 142 valence electrons. The second kappa shape index (κ2) is 6.92. The third-order valence-corrected chi connectivity index (χ3v) is 5.84. The number of thiazole rings is 1. The summed E-state index contributed by atoms with van der Waals surface area (Å²) in [5.74, 6) is -1.51. The van der Waals surface area contributed by atoms with Gasteiger partial charge in [0.1, 0.15) is 5.75 Å². The van der Waals surface area contributed by atoms with Crippen LogP contribution in [0.2, 0.25) is 5.02 Å². The van der Waals surface area contributed by atoms with Crippen molar-refractivity contribution in [2.24, 2.45) is 0 Å². The summed E-state index contributed by atoms with van der Waals surface area (Å²) in [7, 11) is 0. The first kappa shape index (κ1) is 18.5. The first-order valence-electron chi connectivity index (χ1n) is 8.55. The van der Waals surface area contributed by atoms with E-state index in [9.17, 15) is 19.8 Å². The third kappa shape index (κ3) is 2.93. The first-order valence-corrected chi connectivity index (χ1v) is 9.75. The van der Waals surface area contributed by atoms with Crippen molar-refractivity contribution in [3.05, 3.63) is 64.4 Å². The van der Waals surface area contributed by atoms with Crippen LogP contribution in [0.3, 0.4) is 0 Å². The van der Waals surface area contributed by atoms with Gasteiger partial charge in [0.15, 0.2) is 16.7 Å². The van der Waals surface area contributed by atoms with Crippen molar-refractivity contribution < 1.29 is 19.8 Å². The van der Waals surface area contributed by atoms with Gasteiger partial charge in [0.2, 0.25) is 0 Å². The minimum atomic E-state index is -0.823. The minimum absolute atomic E-state index is 0.0375. The van der Waals surface area contributed by atoms with Crippen molar-refractivity contribution in [1.82, 2.24) is 4.98 Å². The van der Waals surface area contributed by atoms with Gasteiger partial charge in [0.25, 0.3) is 5.91 Å². The van der Waals surface area contributed by atoms with E-state index in [0.29, 0.717) is 21.2 Å². The van der Waals surface area contributed by atoms with Crippen LogP contribution < -0.4 is 4.90 Å². The van der Waals surface area contributed by atoms with Crippen LogP contribution in [-0.2, 0) is 9.59 Å². The number of hydrogen-bond donors (Lipinski definition) is 2. The van der Waals surface area contributed by atoms with Gasteiger partial charge >= 0.3 is 0 Å². The van der Waals surface area contributed by atoms with Crippen LogP contribution in [0.1, 0.15) is 24.9 Å². The van der Waals surface area contributed by atoms with E-state index in [1.54, 1.807) is 37.3 Å². The highest BCUT2D eigenvalue weighted by molar-refractivity contribution is 7.22. The van der Waals surface area contributed by atoms with Crippen LogP contribution in [0, 0.1) is 0 Å². The molecule has 1 unspecified atom stereocenters. The maximum absolute atomic E-state index is 12.9. The van der Waals surface area contributed by atoms with Crippen molar-refractivity contribution in [3.8, 4) is 5.75 Å². The van der Waals surface area contributed by atoms with Gasteiger partial charge in [-0.05, 0) is 35.9 Å². The van der Waals surface area contributed by atoms with Crippen LogP contribution in [0.25, 0.3) is 10.2 Å². The molecule has 28 heavy (non-hydrogen) atoms. The van der Waals surface area contributed by atoms with Gasteiger partial charge in [-0.2, -0.15) is 0 Å². The van der Waals surface area contributed by atoms with E-state index < -0.39 is 17.7 Å². The Balaban J connectivity index is 1.89. The van der Waals surface area contributed by atoms with Crippen LogP contribution >= 0.6 is 22.9 Å². The largest absolute Gasteiger partial charge is 0.508 e. The number of nitrogens with zero attached hydrogens (tertiary/aromatic N) is 2. The number of aliphatic hydroxyl groups excluding tert-OH is 1. The van der Waals surface area contributed by atoms with Crippen molar-refractivity contribution in [2.75, 3.05) is 4.90 Å². The highest BCUT2D eigenvalue weighted by Gasteiger charge is 2.45. The molecule has 4 rings (SSSR count). The van der Waals surface area contributed by atoms with E-state index >= 15 is 0 Å². The summed E-state index contributed by atoms with van der Waals surface area (Å²) in [6.45, 7) is 1.67. The van der Waals surface area contributed by atoms with Crippen LogP contribution in [-0.4, -0.2) is 26.9 Å². The number of aromatic nitrogens is 1. The van der Waals surface area contributed by atoms with Crippen molar-refractivity contribution in [1.29, 1.82) is 0 Å². The number of carbonyl (C=O) groups is 2. The van der Waals surface area contributed by atoms with E-state index in [4.69, 9.17) is 11.6 Å². The number of ketones is 1. The number of benzene rings is 2. The fraction of sp³-hybridized carbons (Fsp3) is 0.150. The average molecular weight is 415 g/mol. The standard InChI is InChI=1S/C20H15ClN2O4S/c1-2-14(25)16-17(10-3-6-12(24)7-4-10)23(19(27)18(16)26)20-22-13-8-5-11(21)9-15(13)28-20/h3-9,17,24,26H,2H2,1H3. The number of phenolic OH excluding ortho intramolecular Hbond substituents is 1. The van der Waals surface area contributed by atoms with Gasteiger partial charge in [0, 0.05) is 11.4 Å². The molecule has 0 spiro atoms. The predicted molar refractivity (Wildman–Crippen MR) is 108 cm³/mol. The van der Waals surface area contributed by atoms with Crippen LogP contribution in [0.15, 0.2) is 53.8 Å². The Morgan fingerprint density at radius 2 is 1.93 bits per heavy atom. The highest BCUT2D eigenvalue weighted by atomic mass is 35.5. The van der Waals surface area contributed by atoms with Crippen molar-refractivity contribution in [3.63, 3.8) is 0 Å². The van der Waals surface area contributed by atoms with Gasteiger partial charge in [-0.3, -0.25) is 14.5 Å². The molecular formula is C20H15ClN2O4S. The van der Waals surface area contributed by atoms with Gasteiger partial charge < -0.3 is 10.2 Å². The van der Waals surface area contributed by atoms with E-state index in [1.165, 1.54) is 28.4 Å². The molecule has 0 radical (unpaired) electrons. The van der Waals surface area contributed by atoms with Crippen LogP contribution in [0.5, 0.6) is 5.75 Å². The monoisotopic (exact) mass is 414 g/mol. The summed E-state index contributed by atoms with van der Waals surface area (Å²) < 4.78 is 0.787. The van der Waals surface area contributed by atoms with Crippen molar-refractivity contribution in [2.45, 2.75) is 19.4 Å². The molecule has 6 nitrogen and oxygen atoms in total. The summed E-state index contributed by atoms with van der Waals surface area (Å²) >= 11 is 7.29. The number of aromatic hydroxyl groups is 1. The molecule has 0 saturated heterocycles. The molecule has 0 bridgehead atoms. The number of phenols is 1. The molecular weight excluding hydrogens is 400 g/mol. The molecule has 0 aliphatic carbocycles. The topological polar surface area (TPSA) is 90.7 Å². The average Bonchev–Trinajstić information content (AvgIpc) is 3.20. The Kier molecular flexibility index (Phi) is 4.56. The lowest BCUT2D eigenvalue weighted by Crippen LogP contribution is -2.30. The molecule has 3 aromatic rings. The molecule has 2 heterocycles. The fourth-order valence-corrected chi connectivity index (χ4v) is 4.51. The van der Waals surface area contributed by atoms with Gasteiger partial charge in [-0.1, -0.05) is 42.0 Å². The normalized spacial score (nSPS) is 17.0. The fourth-order valence-electron chi connectivity index (χ4n) is 3.24. The Bertz CT molecular complexity index is 1140. The van der Waals surface area contributed by atoms with E-state index in [1.807, 2.05) is 0 Å². The smallest absolute Gasteiger partial charge is 0.296 e. The summed E-state index contributed by atoms with van der Waals surface area (Å²) in [6.07, 6.45) is 0.143. The summed E-state index contributed by atoms with van der Waals surface area (Å²) in [5, 5.41) is 21.0. The molecule has 0 fully saturated rings. The Hall–Kier alpha value is -2.90. The number of aliphatic hydroxyl groups is 1. The highest BCUT2D eigenvalue weighted by Crippen LogP contribution is 2.44. The number of halogens is 1. The SMILES string of the molecule is CCC(=O)C1=C(O)C(=O)N(c2nc3ccc(Cl)cc3s2)C1c1ccc(O)cc1. The molecule has 1 aromatic heterocycles. The molecule has 2 N–H and O–H groups in total. The summed E-state index contributed by atoms with van der Waals surface area (Å²) in [6, 6.07) is 10.6. The molecule has 1 aliphatic rings. The Morgan fingerprint density at radius 3 is 2.61 bits per heavy atom. The molecule has 1 amide bonds.